The van der Waals surface area contributed by atoms with Gasteiger partial charge in [0.15, 0.2) is 11.7 Å². The first kappa shape index (κ1) is 32.2. The first-order chi connectivity index (χ1) is 27.7. The molecule has 0 amide bonds. The van der Waals surface area contributed by atoms with Crippen molar-refractivity contribution in [1.29, 1.82) is 5.41 Å². The molecule has 1 aliphatic heterocycles. The van der Waals surface area contributed by atoms with Crippen molar-refractivity contribution in [2.24, 2.45) is 9.98 Å². The van der Waals surface area contributed by atoms with Crippen molar-refractivity contribution < 1.29 is 0 Å². The number of thiophene rings is 1. The third-order valence-electron chi connectivity index (χ3n) is 10.9. The summed E-state index contributed by atoms with van der Waals surface area (Å²) < 4.78 is 2.48. The zero-order chi connectivity index (χ0) is 37.2. The highest BCUT2D eigenvalue weighted by Gasteiger charge is 2.28. The highest BCUT2D eigenvalue weighted by Crippen LogP contribution is 2.53. The number of nitrogens with one attached hydrogen (secondary N) is 1. The lowest BCUT2D eigenvalue weighted by molar-refractivity contribution is 1.30. The summed E-state index contributed by atoms with van der Waals surface area (Å²) in [5.41, 5.74) is 8.38. The lowest BCUT2D eigenvalue weighted by Crippen LogP contribution is -2.16. The van der Waals surface area contributed by atoms with Crippen LogP contribution >= 0.6 is 11.3 Å². The summed E-state index contributed by atoms with van der Waals surface area (Å²) in [7, 11) is 0. The molecule has 11 rings (SSSR count). The standard InChI is InChI=1S/C51H32N4S/c52-50(34-12-2-1-3-13-34)54-51(53-31-32-24-25-40-39-20-8-9-23-47(39)56-48(40)28-32)42-26-27-44(38-19-7-6-18-37(38)42)55-45-22-11-17-33-16-10-21-41(49(33)45)43-29-35-14-4-5-15-36(35)30-46(43)55/h1-31,52H/b52-50?,53-31+,54-51-. The molecule has 262 valence electrons. The largest absolute Gasteiger partial charge is 0.309 e. The Labute approximate surface area is 327 Å². The molecule has 5 heteroatoms. The number of benzene rings is 9. The van der Waals surface area contributed by atoms with Gasteiger partial charge in [-0.05, 0) is 75.1 Å². The Balaban J connectivity index is 1.10. The molecule has 0 spiro atoms. The maximum absolute atomic E-state index is 9.09. The van der Waals surface area contributed by atoms with Gasteiger partial charge < -0.3 is 4.90 Å². The highest BCUT2D eigenvalue weighted by molar-refractivity contribution is 7.25. The van der Waals surface area contributed by atoms with Crippen molar-refractivity contribution in [2.45, 2.75) is 0 Å². The third-order valence-corrected chi connectivity index (χ3v) is 12.0. The molecule has 1 aromatic heterocycles. The van der Waals surface area contributed by atoms with Crippen molar-refractivity contribution in [3.63, 3.8) is 0 Å². The predicted octanol–water partition coefficient (Wildman–Crippen LogP) is 13.9. The summed E-state index contributed by atoms with van der Waals surface area (Å²) in [4.78, 5) is 12.5. The van der Waals surface area contributed by atoms with Gasteiger partial charge in [-0.2, -0.15) is 0 Å². The van der Waals surface area contributed by atoms with Crippen LogP contribution in [0.1, 0.15) is 16.7 Å². The van der Waals surface area contributed by atoms with Gasteiger partial charge in [0.05, 0.1) is 17.1 Å². The number of nitrogens with zero attached hydrogens (tertiary/aromatic N) is 3. The molecule has 10 aromatic rings. The summed E-state index contributed by atoms with van der Waals surface area (Å²) >= 11 is 1.79. The number of amidine groups is 2. The SMILES string of the molecule is N=C(/N=C(\N=C\c1ccc2c(c1)sc1ccccc12)c1ccc(N2c3cc4ccccc4cc3-c3cccc4cccc2c34)c2ccccc12)c1ccccc1. The average Bonchev–Trinajstić information content (AvgIpc) is 3.63. The van der Waals surface area contributed by atoms with Gasteiger partial charge in [-0.1, -0.05) is 140 Å². The zero-order valence-corrected chi connectivity index (χ0v) is 31.0. The fourth-order valence-corrected chi connectivity index (χ4v) is 9.46. The molecule has 0 saturated carbocycles. The Bertz CT molecular complexity index is 3280. The van der Waals surface area contributed by atoms with Crippen LogP contribution in [0.2, 0.25) is 0 Å². The van der Waals surface area contributed by atoms with E-state index in [1.54, 1.807) is 11.3 Å². The van der Waals surface area contributed by atoms with Crippen LogP contribution < -0.4 is 4.90 Å². The van der Waals surface area contributed by atoms with E-state index in [4.69, 9.17) is 15.4 Å². The van der Waals surface area contributed by atoms with Crippen molar-refractivity contribution >= 4 is 98.8 Å². The number of hydrogen-bond acceptors (Lipinski definition) is 3. The highest BCUT2D eigenvalue weighted by atomic mass is 32.1. The van der Waals surface area contributed by atoms with Gasteiger partial charge in [0.2, 0.25) is 0 Å². The molecule has 2 heterocycles. The maximum atomic E-state index is 9.09. The van der Waals surface area contributed by atoms with Crippen LogP contribution in [0.25, 0.3) is 63.6 Å². The van der Waals surface area contributed by atoms with Gasteiger partial charge in [-0.15, -0.1) is 11.3 Å². The molecule has 0 fully saturated rings. The van der Waals surface area contributed by atoms with Gasteiger partial charge >= 0.3 is 0 Å². The quantitative estimate of drug-likeness (QED) is 0.142. The molecular formula is C51H32N4S. The van der Waals surface area contributed by atoms with Gasteiger partial charge in [0.25, 0.3) is 0 Å². The Kier molecular flexibility index (Phi) is 7.47. The minimum absolute atomic E-state index is 0.158. The van der Waals surface area contributed by atoms with Gasteiger partial charge in [-0.3, -0.25) is 5.41 Å². The summed E-state index contributed by atoms with van der Waals surface area (Å²) in [6.07, 6.45) is 1.88. The Hall–Kier alpha value is -7.21. The number of aliphatic imine (C=N–C) groups is 2. The fraction of sp³-hybridized carbons (Fsp3) is 0. The summed E-state index contributed by atoms with van der Waals surface area (Å²) in [5.74, 6) is 0.640. The monoisotopic (exact) mass is 732 g/mol. The van der Waals surface area contributed by atoms with Crippen LogP contribution in [0.15, 0.2) is 192 Å². The molecule has 0 unspecified atom stereocenters. The maximum Gasteiger partial charge on any atom is 0.162 e. The molecule has 1 N–H and O–H groups in total. The Morgan fingerprint density at radius 2 is 1.20 bits per heavy atom. The lowest BCUT2D eigenvalue weighted by Gasteiger charge is -2.34. The van der Waals surface area contributed by atoms with Crippen LogP contribution in [0, 0.1) is 5.41 Å². The summed E-state index contributed by atoms with van der Waals surface area (Å²) in [6, 6.07) is 64.0. The molecule has 1 aliphatic rings. The smallest absolute Gasteiger partial charge is 0.162 e. The molecule has 0 atom stereocenters. The third kappa shape index (κ3) is 5.24. The van der Waals surface area contributed by atoms with E-state index in [1.807, 2.05) is 36.5 Å². The molecule has 0 radical (unpaired) electrons. The average molecular weight is 733 g/mol. The van der Waals surface area contributed by atoms with Crippen LogP contribution in [0.5, 0.6) is 0 Å². The van der Waals surface area contributed by atoms with Gasteiger partial charge in [0, 0.05) is 53.8 Å². The van der Waals surface area contributed by atoms with Crippen molar-refractivity contribution in [1.82, 2.24) is 0 Å². The molecule has 0 bridgehead atoms. The summed E-state index contributed by atoms with van der Waals surface area (Å²) in [6.45, 7) is 0. The lowest BCUT2D eigenvalue weighted by atomic mass is 9.88. The van der Waals surface area contributed by atoms with E-state index >= 15 is 0 Å². The van der Waals surface area contributed by atoms with Crippen LogP contribution in [0.4, 0.5) is 17.1 Å². The first-order valence-electron chi connectivity index (χ1n) is 18.7. The molecular weight excluding hydrogens is 701 g/mol. The Morgan fingerprint density at radius 1 is 0.500 bits per heavy atom. The van der Waals surface area contributed by atoms with E-state index in [2.05, 4.69) is 157 Å². The summed E-state index contributed by atoms with van der Waals surface area (Å²) in [5, 5.41) is 18.5. The second-order valence-electron chi connectivity index (χ2n) is 14.2. The number of anilines is 3. The van der Waals surface area contributed by atoms with E-state index < -0.39 is 0 Å². The number of hydrogen-bond donors (Lipinski definition) is 1. The van der Waals surface area contributed by atoms with Crippen molar-refractivity contribution in [3.8, 4) is 11.1 Å². The van der Waals surface area contributed by atoms with Crippen LogP contribution in [0.3, 0.4) is 0 Å². The van der Waals surface area contributed by atoms with E-state index in [-0.39, 0.29) is 5.84 Å². The van der Waals surface area contributed by atoms with Crippen LogP contribution in [-0.4, -0.2) is 17.9 Å². The van der Waals surface area contributed by atoms with Crippen molar-refractivity contribution in [2.75, 3.05) is 4.90 Å². The van der Waals surface area contributed by atoms with E-state index in [1.165, 1.54) is 52.8 Å². The van der Waals surface area contributed by atoms with Crippen molar-refractivity contribution in [3.05, 3.63) is 199 Å². The topological polar surface area (TPSA) is 51.8 Å². The normalized spacial score (nSPS) is 12.7. The first-order valence-corrected chi connectivity index (χ1v) is 19.5. The molecule has 0 saturated heterocycles. The van der Waals surface area contributed by atoms with E-state index in [9.17, 15) is 0 Å². The molecule has 0 aliphatic carbocycles. The molecule has 4 nitrogen and oxygen atoms in total. The number of fused-ring (bicyclic) bond motifs is 7. The molecule has 9 aromatic carbocycles. The minimum atomic E-state index is 0.158. The minimum Gasteiger partial charge on any atom is -0.309 e. The fourth-order valence-electron chi connectivity index (χ4n) is 8.31. The van der Waals surface area contributed by atoms with E-state index in [0.717, 1.165) is 44.5 Å². The zero-order valence-electron chi connectivity index (χ0n) is 30.1. The van der Waals surface area contributed by atoms with Crippen LogP contribution in [-0.2, 0) is 0 Å². The Morgan fingerprint density at radius 3 is 2.05 bits per heavy atom. The second kappa shape index (κ2) is 13.0. The molecule has 56 heavy (non-hydrogen) atoms. The van der Waals surface area contributed by atoms with E-state index in [0.29, 0.717) is 5.84 Å². The second-order valence-corrected chi connectivity index (χ2v) is 15.3. The predicted molar refractivity (Wildman–Crippen MR) is 239 cm³/mol. The van der Waals surface area contributed by atoms with Gasteiger partial charge in [-0.25, -0.2) is 9.98 Å². The number of rotatable bonds is 4. The van der Waals surface area contributed by atoms with Gasteiger partial charge in [0.1, 0.15) is 0 Å².